The fourth-order valence-electron chi connectivity index (χ4n) is 4.21. The largest absolute Gasteiger partial charge is 0.383 e. The summed E-state index contributed by atoms with van der Waals surface area (Å²) in [6.45, 7) is 11.7. The zero-order chi connectivity index (χ0) is 18.0. The van der Waals surface area contributed by atoms with Crippen molar-refractivity contribution in [3.05, 3.63) is 0 Å². The molecule has 0 atom stereocenters. The van der Waals surface area contributed by atoms with Crippen LogP contribution in [0.3, 0.4) is 0 Å². The van der Waals surface area contributed by atoms with Gasteiger partial charge in [-0.15, -0.1) is 0 Å². The molecule has 2 aliphatic rings. The first-order valence-electron chi connectivity index (χ1n) is 10.4. The third kappa shape index (κ3) is 6.78. The van der Waals surface area contributed by atoms with Crippen LogP contribution in [0.1, 0.15) is 58.8 Å². The van der Waals surface area contributed by atoms with E-state index in [0.717, 1.165) is 44.7 Å². The normalized spacial score (nSPS) is 22.3. The molecule has 2 rings (SSSR count). The highest BCUT2D eigenvalue weighted by molar-refractivity contribution is 5.79. The molecule has 2 N–H and O–H groups in total. The Hall–Kier alpha value is -0.810. The van der Waals surface area contributed by atoms with Crippen LogP contribution >= 0.6 is 0 Å². The highest BCUT2D eigenvalue weighted by Crippen LogP contribution is 2.41. The van der Waals surface area contributed by atoms with Gasteiger partial charge in [-0.3, -0.25) is 4.99 Å². The summed E-state index contributed by atoms with van der Waals surface area (Å²) in [4.78, 5) is 7.46. The summed E-state index contributed by atoms with van der Waals surface area (Å²) in [6, 6.07) is 0. The molecule has 2 fully saturated rings. The highest BCUT2D eigenvalue weighted by Gasteiger charge is 2.31. The molecule has 0 spiro atoms. The molecule has 0 amide bonds. The first-order chi connectivity index (χ1) is 12.2. The van der Waals surface area contributed by atoms with Crippen LogP contribution in [-0.2, 0) is 4.74 Å². The third-order valence-electron chi connectivity index (χ3n) is 6.21. The molecule has 0 aromatic rings. The van der Waals surface area contributed by atoms with Gasteiger partial charge in [-0.05, 0) is 63.5 Å². The lowest BCUT2D eigenvalue weighted by Crippen LogP contribution is -2.43. The van der Waals surface area contributed by atoms with Crippen LogP contribution in [0.2, 0.25) is 0 Å². The number of nitrogens with one attached hydrogen (secondary N) is 2. The third-order valence-corrected chi connectivity index (χ3v) is 6.21. The van der Waals surface area contributed by atoms with Crippen LogP contribution in [0.4, 0.5) is 0 Å². The van der Waals surface area contributed by atoms with Gasteiger partial charge in [0.2, 0.25) is 0 Å². The first-order valence-corrected chi connectivity index (χ1v) is 10.4. The smallest absolute Gasteiger partial charge is 0.191 e. The average Bonchev–Trinajstić information content (AvgIpc) is 3.12. The predicted octanol–water partition coefficient (Wildman–Crippen LogP) is 2.87. The summed E-state index contributed by atoms with van der Waals surface area (Å²) in [7, 11) is 1.78. The molecular formula is C20H40N4O. The lowest BCUT2D eigenvalue weighted by atomic mass is 9.84. The molecule has 0 bridgehead atoms. The zero-order valence-electron chi connectivity index (χ0n) is 16.8. The Morgan fingerprint density at radius 1 is 1.16 bits per heavy atom. The Morgan fingerprint density at radius 3 is 2.48 bits per heavy atom. The molecule has 1 aliphatic carbocycles. The number of nitrogens with zero attached hydrogens (tertiary/aromatic N) is 2. The van der Waals surface area contributed by atoms with Gasteiger partial charge >= 0.3 is 0 Å². The standard InChI is InChI=1S/C20H40N4O/c1-4-20(10-6-7-11-20)17-23-19(21-5-2)22-16-18-8-12-24(13-9-18)14-15-25-3/h18H,4-17H2,1-3H3,(H2,21,22,23). The number of rotatable bonds is 9. The Morgan fingerprint density at radius 2 is 1.88 bits per heavy atom. The number of guanidine groups is 1. The summed E-state index contributed by atoms with van der Waals surface area (Å²) >= 11 is 0. The van der Waals surface area contributed by atoms with Gasteiger partial charge in [0, 0.05) is 33.3 Å². The van der Waals surface area contributed by atoms with E-state index in [1.807, 2.05) is 0 Å². The molecule has 0 aromatic heterocycles. The van der Waals surface area contributed by atoms with Gasteiger partial charge in [0.1, 0.15) is 0 Å². The molecule has 5 nitrogen and oxygen atoms in total. The molecule has 1 saturated heterocycles. The van der Waals surface area contributed by atoms with E-state index in [1.165, 1.54) is 58.0 Å². The van der Waals surface area contributed by atoms with Crippen molar-refractivity contribution in [1.82, 2.24) is 15.5 Å². The molecule has 5 heteroatoms. The van der Waals surface area contributed by atoms with Gasteiger partial charge in [0.15, 0.2) is 5.96 Å². The number of ether oxygens (including phenoxy) is 1. The molecule has 0 radical (unpaired) electrons. The van der Waals surface area contributed by atoms with Gasteiger partial charge in [-0.2, -0.15) is 0 Å². The zero-order valence-corrected chi connectivity index (χ0v) is 16.8. The second-order valence-electron chi connectivity index (χ2n) is 7.91. The lowest BCUT2D eigenvalue weighted by molar-refractivity contribution is 0.121. The van der Waals surface area contributed by atoms with E-state index >= 15 is 0 Å². The summed E-state index contributed by atoms with van der Waals surface area (Å²) in [5.74, 6) is 1.78. The van der Waals surface area contributed by atoms with Gasteiger partial charge < -0.3 is 20.3 Å². The molecule has 0 unspecified atom stereocenters. The fraction of sp³-hybridized carbons (Fsp3) is 0.950. The highest BCUT2D eigenvalue weighted by atomic mass is 16.5. The second kappa shape index (κ2) is 11.0. The van der Waals surface area contributed by atoms with Gasteiger partial charge in [-0.25, -0.2) is 0 Å². The van der Waals surface area contributed by atoms with Gasteiger partial charge in [-0.1, -0.05) is 19.8 Å². The van der Waals surface area contributed by atoms with E-state index in [2.05, 4.69) is 29.4 Å². The minimum Gasteiger partial charge on any atom is -0.383 e. The minimum atomic E-state index is 0.467. The Bertz CT molecular complexity index is 385. The first kappa shape index (κ1) is 20.5. The van der Waals surface area contributed by atoms with E-state index in [9.17, 15) is 0 Å². The number of piperidine rings is 1. The van der Waals surface area contributed by atoms with Crippen molar-refractivity contribution in [3.8, 4) is 0 Å². The Kier molecular flexibility index (Phi) is 9.04. The Balaban J connectivity index is 1.75. The monoisotopic (exact) mass is 352 g/mol. The molecule has 1 aliphatic heterocycles. The molecule has 1 heterocycles. The second-order valence-corrected chi connectivity index (χ2v) is 7.91. The van der Waals surface area contributed by atoms with Crippen molar-refractivity contribution in [1.29, 1.82) is 0 Å². The number of hydrogen-bond donors (Lipinski definition) is 2. The lowest BCUT2D eigenvalue weighted by Gasteiger charge is -2.32. The van der Waals surface area contributed by atoms with Crippen LogP contribution < -0.4 is 10.6 Å². The van der Waals surface area contributed by atoms with Crippen LogP contribution in [0.15, 0.2) is 4.99 Å². The topological polar surface area (TPSA) is 48.9 Å². The number of likely N-dealkylation sites (tertiary alicyclic amines) is 1. The van der Waals surface area contributed by atoms with Crippen molar-refractivity contribution < 1.29 is 4.74 Å². The van der Waals surface area contributed by atoms with Crippen molar-refractivity contribution in [3.63, 3.8) is 0 Å². The Labute approximate surface area is 155 Å². The number of methoxy groups -OCH3 is 1. The van der Waals surface area contributed by atoms with E-state index < -0.39 is 0 Å². The van der Waals surface area contributed by atoms with Gasteiger partial charge in [0.25, 0.3) is 0 Å². The van der Waals surface area contributed by atoms with Crippen LogP contribution in [-0.4, -0.2) is 63.8 Å². The predicted molar refractivity (Wildman–Crippen MR) is 106 cm³/mol. The summed E-state index contributed by atoms with van der Waals surface area (Å²) < 4.78 is 5.19. The quantitative estimate of drug-likeness (QED) is 0.495. The summed E-state index contributed by atoms with van der Waals surface area (Å²) in [6.07, 6.45) is 9.28. The SMILES string of the molecule is CCNC(=NCC1(CC)CCCC1)NCC1CCN(CCOC)CC1. The molecule has 0 aromatic carbocycles. The van der Waals surface area contributed by atoms with Crippen molar-refractivity contribution >= 4 is 5.96 Å². The van der Waals surface area contributed by atoms with Crippen LogP contribution in [0, 0.1) is 11.3 Å². The molecular weight excluding hydrogens is 312 g/mol. The van der Waals surface area contributed by atoms with Crippen molar-refractivity contribution in [2.75, 3.05) is 53.0 Å². The van der Waals surface area contributed by atoms with E-state index in [4.69, 9.17) is 9.73 Å². The number of aliphatic imine (C=N–C) groups is 1. The summed E-state index contributed by atoms with van der Waals surface area (Å²) in [5.41, 5.74) is 0.467. The van der Waals surface area contributed by atoms with E-state index in [1.54, 1.807) is 7.11 Å². The van der Waals surface area contributed by atoms with Crippen molar-refractivity contribution in [2.45, 2.75) is 58.8 Å². The minimum absolute atomic E-state index is 0.467. The van der Waals surface area contributed by atoms with Crippen LogP contribution in [0.25, 0.3) is 0 Å². The average molecular weight is 353 g/mol. The molecule has 1 saturated carbocycles. The molecule has 25 heavy (non-hydrogen) atoms. The number of hydrogen-bond acceptors (Lipinski definition) is 3. The van der Waals surface area contributed by atoms with E-state index in [-0.39, 0.29) is 0 Å². The van der Waals surface area contributed by atoms with E-state index in [0.29, 0.717) is 5.41 Å². The maximum absolute atomic E-state index is 5.19. The fourth-order valence-corrected chi connectivity index (χ4v) is 4.21. The summed E-state index contributed by atoms with van der Waals surface area (Å²) in [5, 5.41) is 7.05. The maximum Gasteiger partial charge on any atom is 0.191 e. The molecule has 146 valence electrons. The van der Waals surface area contributed by atoms with Crippen LogP contribution in [0.5, 0.6) is 0 Å². The van der Waals surface area contributed by atoms with Gasteiger partial charge in [0.05, 0.1) is 6.61 Å². The van der Waals surface area contributed by atoms with Crippen molar-refractivity contribution in [2.24, 2.45) is 16.3 Å². The maximum atomic E-state index is 5.19.